The third-order valence-corrected chi connectivity index (χ3v) is 3.76. The number of rotatable bonds is 2. The molecule has 1 saturated heterocycles. The Hall–Kier alpha value is -1.15. The monoisotopic (exact) mass is 290 g/mol. The van der Waals surface area contributed by atoms with E-state index in [1.165, 1.54) is 24.9 Å². The number of aryl methyl sites for hydroxylation is 1. The molecule has 8 heteroatoms. The Labute approximate surface area is 113 Å². The molecule has 0 aromatic carbocycles. The standard InChI is InChI=1S/C11H15ClN2O5/c1-13-3-5(10(17)14(2)11(13)18)9-7(12)8(16)6(4-15)19-9/h3,6-9,15-16H,4H2,1-2H3/t6-,7+,8-,9+/m1/s1. The average molecular weight is 291 g/mol. The highest BCUT2D eigenvalue weighted by Gasteiger charge is 2.44. The van der Waals surface area contributed by atoms with Gasteiger partial charge in [0.05, 0.1) is 17.5 Å². The van der Waals surface area contributed by atoms with Crippen LogP contribution in [0.15, 0.2) is 15.8 Å². The van der Waals surface area contributed by atoms with E-state index >= 15 is 0 Å². The number of halogens is 1. The van der Waals surface area contributed by atoms with E-state index in [1.54, 1.807) is 0 Å². The Balaban J connectivity index is 2.50. The maximum atomic E-state index is 12.0. The number of aliphatic hydroxyl groups excluding tert-OH is 2. The number of ether oxygens (including phenoxy) is 1. The molecule has 4 atom stereocenters. The molecule has 2 rings (SSSR count). The molecule has 0 saturated carbocycles. The molecular weight excluding hydrogens is 276 g/mol. The van der Waals surface area contributed by atoms with Gasteiger partial charge < -0.3 is 19.5 Å². The van der Waals surface area contributed by atoms with Gasteiger partial charge in [-0.3, -0.25) is 9.36 Å². The maximum absolute atomic E-state index is 12.0. The number of aromatic nitrogens is 2. The van der Waals surface area contributed by atoms with Gasteiger partial charge in [0.1, 0.15) is 18.3 Å². The van der Waals surface area contributed by atoms with E-state index in [0.717, 1.165) is 4.57 Å². The van der Waals surface area contributed by atoms with Gasteiger partial charge in [0.2, 0.25) is 0 Å². The van der Waals surface area contributed by atoms with E-state index in [2.05, 4.69) is 0 Å². The Kier molecular flexibility index (Phi) is 3.82. The van der Waals surface area contributed by atoms with Crippen LogP contribution in [0.25, 0.3) is 0 Å². The molecule has 0 radical (unpaired) electrons. The second-order valence-electron chi connectivity index (χ2n) is 4.55. The van der Waals surface area contributed by atoms with E-state index in [9.17, 15) is 14.7 Å². The van der Waals surface area contributed by atoms with Crippen LogP contribution >= 0.6 is 11.6 Å². The lowest BCUT2D eigenvalue weighted by molar-refractivity contribution is -0.0231. The maximum Gasteiger partial charge on any atom is 0.330 e. The van der Waals surface area contributed by atoms with E-state index < -0.39 is 41.5 Å². The average Bonchev–Trinajstić information content (AvgIpc) is 2.68. The van der Waals surface area contributed by atoms with Crippen molar-refractivity contribution in [1.29, 1.82) is 0 Å². The summed E-state index contributed by atoms with van der Waals surface area (Å²) in [7, 11) is 2.86. The molecule has 1 aromatic rings. The van der Waals surface area contributed by atoms with Crippen molar-refractivity contribution in [1.82, 2.24) is 9.13 Å². The summed E-state index contributed by atoms with van der Waals surface area (Å²) in [6, 6.07) is 0. The third-order valence-electron chi connectivity index (χ3n) is 3.28. The number of aliphatic hydroxyl groups is 2. The highest BCUT2D eigenvalue weighted by Crippen LogP contribution is 2.35. The molecule has 1 fully saturated rings. The minimum atomic E-state index is -1.07. The first-order chi connectivity index (χ1) is 8.88. The summed E-state index contributed by atoms with van der Waals surface area (Å²) in [5.41, 5.74) is -0.804. The van der Waals surface area contributed by atoms with Crippen molar-refractivity contribution in [3.8, 4) is 0 Å². The van der Waals surface area contributed by atoms with Gasteiger partial charge in [-0.05, 0) is 0 Å². The minimum Gasteiger partial charge on any atom is -0.394 e. The fraction of sp³-hybridized carbons (Fsp3) is 0.636. The van der Waals surface area contributed by atoms with E-state index in [0.29, 0.717) is 0 Å². The summed E-state index contributed by atoms with van der Waals surface area (Å²) in [6.07, 6.45) is -1.43. The molecule has 0 bridgehead atoms. The van der Waals surface area contributed by atoms with Crippen LogP contribution in [0.3, 0.4) is 0 Å². The van der Waals surface area contributed by atoms with Gasteiger partial charge in [-0.15, -0.1) is 11.6 Å². The Morgan fingerprint density at radius 2 is 2.05 bits per heavy atom. The largest absolute Gasteiger partial charge is 0.394 e. The van der Waals surface area contributed by atoms with Gasteiger partial charge in [0, 0.05) is 20.3 Å². The zero-order chi connectivity index (χ0) is 14.3. The topological polar surface area (TPSA) is 93.7 Å². The molecule has 0 aliphatic carbocycles. The van der Waals surface area contributed by atoms with Gasteiger partial charge in [0.25, 0.3) is 5.56 Å². The quantitative estimate of drug-likeness (QED) is 0.646. The molecule has 0 unspecified atom stereocenters. The molecule has 106 valence electrons. The van der Waals surface area contributed by atoms with Crippen molar-refractivity contribution < 1.29 is 14.9 Å². The highest BCUT2D eigenvalue weighted by atomic mass is 35.5. The van der Waals surface area contributed by atoms with Crippen LogP contribution in [0.1, 0.15) is 11.7 Å². The Morgan fingerprint density at radius 1 is 1.42 bits per heavy atom. The molecule has 19 heavy (non-hydrogen) atoms. The Morgan fingerprint density at radius 3 is 2.58 bits per heavy atom. The molecule has 1 aliphatic rings. The van der Waals surface area contributed by atoms with Gasteiger partial charge in [0.15, 0.2) is 0 Å². The van der Waals surface area contributed by atoms with E-state index in [-0.39, 0.29) is 5.56 Å². The summed E-state index contributed by atoms with van der Waals surface area (Å²) in [6.45, 7) is -0.396. The molecule has 2 N–H and O–H groups in total. The van der Waals surface area contributed by atoms with Crippen LogP contribution < -0.4 is 11.2 Å². The molecule has 1 aromatic heterocycles. The molecule has 0 amide bonds. The van der Waals surface area contributed by atoms with E-state index in [4.69, 9.17) is 21.4 Å². The van der Waals surface area contributed by atoms with Gasteiger partial charge >= 0.3 is 5.69 Å². The van der Waals surface area contributed by atoms with Crippen LogP contribution in [0.4, 0.5) is 0 Å². The molecule has 7 nitrogen and oxygen atoms in total. The lowest BCUT2D eigenvalue weighted by Crippen LogP contribution is -2.40. The van der Waals surface area contributed by atoms with Crippen molar-refractivity contribution in [2.24, 2.45) is 14.1 Å². The molecular formula is C11H15ClN2O5. The molecule has 1 aliphatic heterocycles. The van der Waals surface area contributed by atoms with Crippen LogP contribution in [0.5, 0.6) is 0 Å². The predicted molar refractivity (Wildman–Crippen MR) is 67.3 cm³/mol. The predicted octanol–water partition coefficient (Wildman–Crippen LogP) is -1.52. The normalized spacial score (nSPS) is 30.8. The van der Waals surface area contributed by atoms with Crippen LogP contribution in [0.2, 0.25) is 0 Å². The number of alkyl halides is 1. The number of hydrogen-bond acceptors (Lipinski definition) is 5. The van der Waals surface area contributed by atoms with E-state index in [1.807, 2.05) is 0 Å². The minimum absolute atomic E-state index is 0.180. The first-order valence-corrected chi connectivity index (χ1v) is 6.17. The molecule has 2 heterocycles. The second-order valence-corrected chi connectivity index (χ2v) is 5.06. The van der Waals surface area contributed by atoms with Gasteiger partial charge in [-0.2, -0.15) is 0 Å². The number of hydrogen-bond donors (Lipinski definition) is 2. The first-order valence-electron chi connectivity index (χ1n) is 5.73. The SMILES string of the molecule is Cn1cc([C@@H]2O[C@H](CO)[C@@H](O)[C@@H]2Cl)c(=O)n(C)c1=O. The van der Waals surface area contributed by atoms with Crippen molar-refractivity contribution in [3.05, 3.63) is 32.6 Å². The number of nitrogens with zero attached hydrogens (tertiary/aromatic N) is 2. The van der Waals surface area contributed by atoms with Crippen molar-refractivity contribution in [3.63, 3.8) is 0 Å². The Bertz CT molecular complexity index is 596. The van der Waals surface area contributed by atoms with Crippen molar-refractivity contribution >= 4 is 11.6 Å². The summed E-state index contributed by atoms with van der Waals surface area (Å²) in [5.74, 6) is 0. The highest BCUT2D eigenvalue weighted by molar-refractivity contribution is 6.21. The third kappa shape index (κ3) is 2.23. The lowest BCUT2D eigenvalue weighted by Gasteiger charge is -2.15. The van der Waals surface area contributed by atoms with Gasteiger partial charge in [-0.25, -0.2) is 4.79 Å². The second kappa shape index (κ2) is 5.09. The smallest absolute Gasteiger partial charge is 0.330 e. The summed E-state index contributed by atoms with van der Waals surface area (Å²) in [5, 5.41) is 18.0. The van der Waals surface area contributed by atoms with Crippen LogP contribution in [0, 0.1) is 0 Å². The van der Waals surface area contributed by atoms with Crippen LogP contribution in [-0.4, -0.2) is 43.5 Å². The van der Waals surface area contributed by atoms with Crippen LogP contribution in [-0.2, 0) is 18.8 Å². The van der Waals surface area contributed by atoms with Gasteiger partial charge in [-0.1, -0.05) is 0 Å². The zero-order valence-electron chi connectivity index (χ0n) is 10.5. The first kappa shape index (κ1) is 14.3. The zero-order valence-corrected chi connectivity index (χ0v) is 11.2. The fourth-order valence-electron chi connectivity index (χ4n) is 2.16. The lowest BCUT2D eigenvalue weighted by atomic mass is 10.1. The van der Waals surface area contributed by atoms with Crippen molar-refractivity contribution in [2.75, 3.05) is 6.61 Å². The summed E-state index contributed by atoms with van der Waals surface area (Å²) in [4.78, 5) is 23.6. The molecule has 0 spiro atoms. The van der Waals surface area contributed by atoms with Crippen molar-refractivity contribution in [2.45, 2.75) is 23.7 Å². The summed E-state index contributed by atoms with van der Waals surface area (Å²) >= 11 is 6.03. The fourth-order valence-corrected chi connectivity index (χ4v) is 2.51. The summed E-state index contributed by atoms with van der Waals surface area (Å²) < 4.78 is 7.58.